The third-order valence-corrected chi connectivity index (χ3v) is 6.31. The predicted octanol–water partition coefficient (Wildman–Crippen LogP) is 2.27. The Balaban J connectivity index is 1.83. The van der Waals surface area contributed by atoms with E-state index in [9.17, 15) is 19.8 Å². The number of nitrogens with one attached hydrogen (secondary N) is 1. The van der Waals surface area contributed by atoms with Gasteiger partial charge in [0, 0.05) is 11.4 Å². The topological polar surface area (TPSA) is 151 Å². The van der Waals surface area contributed by atoms with Gasteiger partial charge in [-0.3, -0.25) is 9.79 Å². The molecule has 0 fully saturated rings. The van der Waals surface area contributed by atoms with Crippen molar-refractivity contribution in [3.05, 3.63) is 93.7 Å². The first-order valence-electron chi connectivity index (χ1n) is 10.3. The molecule has 8 nitrogen and oxygen atoms in total. The summed E-state index contributed by atoms with van der Waals surface area (Å²) >= 11 is 1.11. The largest absolute Gasteiger partial charge is 0.480 e. The average molecular weight is 467 g/mol. The molecule has 0 aliphatic carbocycles. The predicted molar refractivity (Wildman–Crippen MR) is 128 cm³/mol. The molecule has 172 valence electrons. The van der Waals surface area contributed by atoms with Crippen LogP contribution in [0.2, 0.25) is 0 Å². The van der Waals surface area contributed by atoms with Crippen molar-refractivity contribution in [1.82, 2.24) is 5.32 Å². The molecule has 1 heterocycles. The number of amides is 1. The highest BCUT2D eigenvalue weighted by Gasteiger charge is 2.35. The van der Waals surface area contributed by atoms with Gasteiger partial charge in [0.05, 0.1) is 4.88 Å². The van der Waals surface area contributed by atoms with Crippen molar-refractivity contribution < 1.29 is 19.8 Å². The van der Waals surface area contributed by atoms with Crippen LogP contribution in [0.15, 0.2) is 77.8 Å². The molecule has 0 aliphatic heterocycles. The van der Waals surface area contributed by atoms with E-state index in [1.807, 2.05) is 60.7 Å². The summed E-state index contributed by atoms with van der Waals surface area (Å²) < 4.78 is 0. The number of hydrogen-bond acceptors (Lipinski definition) is 5. The number of carbonyl (C=O) groups is 2. The maximum Gasteiger partial charge on any atom is 0.326 e. The summed E-state index contributed by atoms with van der Waals surface area (Å²) in [5, 5.41) is 23.8. The normalized spacial score (nSPS) is 12.0. The molecule has 1 aromatic heterocycles. The fourth-order valence-electron chi connectivity index (χ4n) is 3.45. The molecule has 3 aromatic rings. The zero-order chi connectivity index (χ0) is 23.8. The summed E-state index contributed by atoms with van der Waals surface area (Å²) in [6.07, 6.45) is 0.570. The zero-order valence-corrected chi connectivity index (χ0v) is 18.7. The number of carboxylic acids is 1. The molecule has 3 rings (SSSR count). The van der Waals surface area contributed by atoms with E-state index in [0.717, 1.165) is 11.3 Å². The van der Waals surface area contributed by atoms with Crippen molar-refractivity contribution in [3.8, 4) is 0 Å². The van der Waals surface area contributed by atoms with Crippen molar-refractivity contribution in [2.75, 3.05) is 6.54 Å². The number of guanidine groups is 1. The zero-order valence-electron chi connectivity index (χ0n) is 17.8. The highest BCUT2D eigenvalue weighted by atomic mass is 32.1. The Labute approximate surface area is 195 Å². The van der Waals surface area contributed by atoms with Crippen LogP contribution in [-0.4, -0.2) is 40.6 Å². The van der Waals surface area contributed by atoms with E-state index in [1.165, 1.54) is 0 Å². The van der Waals surface area contributed by atoms with Crippen LogP contribution in [0, 0.1) is 0 Å². The maximum absolute atomic E-state index is 12.8. The van der Waals surface area contributed by atoms with Gasteiger partial charge in [0.1, 0.15) is 11.6 Å². The molecule has 2 aromatic carbocycles. The van der Waals surface area contributed by atoms with Crippen LogP contribution in [0.3, 0.4) is 0 Å². The molecule has 0 radical (unpaired) electrons. The van der Waals surface area contributed by atoms with E-state index in [0.29, 0.717) is 27.3 Å². The smallest absolute Gasteiger partial charge is 0.326 e. The van der Waals surface area contributed by atoms with Gasteiger partial charge >= 0.3 is 5.97 Å². The first-order chi connectivity index (χ1) is 15.8. The van der Waals surface area contributed by atoms with E-state index >= 15 is 0 Å². The third-order valence-electron chi connectivity index (χ3n) is 5.12. The monoisotopic (exact) mass is 466 g/mol. The number of aliphatic carboxylic acids is 1. The van der Waals surface area contributed by atoms with Gasteiger partial charge in [-0.25, -0.2) is 4.79 Å². The number of aliphatic hydroxyl groups is 1. The van der Waals surface area contributed by atoms with Gasteiger partial charge in [-0.1, -0.05) is 60.7 Å². The summed E-state index contributed by atoms with van der Waals surface area (Å²) in [5.74, 6) is -1.74. The Hall–Kier alpha value is -3.69. The Morgan fingerprint density at radius 2 is 1.55 bits per heavy atom. The number of benzene rings is 2. The Bertz CT molecular complexity index is 1070. The van der Waals surface area contributed by atoms with Crippen LogP contribution in [0.25, 0.3) is 0 Å². The Kier molecular flexibility index (Phi) is 7.81. The lowest BCUT2D eigenvalue weighted by molar-refractivity contribution is -0.139. The molecular weight excluding hydrogens is 440 g/mol. The van der Waals surface area contributed by atoms with Crippen molar-refractivity contribution >= 4 is 29.2 Å². The minimum absolute atomic E-state index is 0.0682. The van der Waals surface area contributed by atoms with Crippen molar-refractivity contribution in [2.45, 2.75) is 24.5 Å². The molecule has 0 saturated carbocycles. The highest BCUT2D eigenvalue weighted by molar-refractivity contribution is 7.14. The lowest BCUT2D eigenvalue weighted by Crippen LogP contribution is -2.40. The number of carbonyl (C=O) groups excluding carboxylic acids is 1. The van der Waals surface area contributed by atoms with Gasteiger partial charge in [0.2, 0.25) is 0 Å². The first kappa shape index (κ1) is 24.0. The minimum Gasteiger partial charge on any atom is -0.480 e. The maximum atomic E-state index is 12.8. The number of nitrogens with zero attached hydrogens (tertiary/aromatic N) is 1. The Morgan fingerprint density at radius 1 is 0.970 bits per heavy atom. The molecule has 1 unspecified atom stereocenters. The van der Waals surface area contributed by atoms with E-state index in [2.05, 4.69) is 10.3 Å². The van der Waals surface area contributed by atoms with Crippen molar-refractivity contribution in [1.29, 1.82) is 0 Å². The third kappa shape index (κ3) is 5.76. The van der Waals surface area contributed by atoms with Gasteiger partial charge in [-0.2, -0.15) is 0 Å². The van der Waals surface area contributed by atoms with Gasteiger partial charge in [-0.15, -0.1) is 11.3 Å². The summed E-state index contributed by atoms with van der Waals surface area (Å²) in [7, 11) is 0. The minimum atomic E-state index is -1.46. The molecule has 0 saturated heterocycles. The fraction of sp³-hybridized carbons (Fsp3) is 0.208. The highest BCUT2D eigenvalue weighted by Crippen LogP contribution is 2.40. The number of carboxylic acid groups (broad SMARTS) is 1. The molecule has 0 aliphatic rings. The quantitative estimate of drug-likeness (QED) is 0.176. The molecule has 1 atom stereocenters. The average Bonchev–Trinajstić information content (AvgIpc) is 3.32. The van der Waals surface area contributed by atoms with Gasteiger partial charge < -0.3 is 27.0 Å². The van der Waals surface area contributed by atoms with Crippen LogP contribution < -0.4 is 16.8 Å². The van der Waals surface area contributed by atoms with E-state index in [-0.39, 0.29) is 18.9 Å². The van der Waals surface area contributed by atoms with Gasteiger partial charge in [0.15, 0.2) is 5.96 Å². The molecule has 33 heavy (non-hydrogen) atoms. The molecule has 0 bridgehead atoms. The molecular formula is C24H26N4O4S. The van der Waals surface area contributed by atoms with Crippen molar-refractivity contribution in [3.63, 3.8) is 0 Å². The molecule has 9 heteroatoms. The van der Waals surface area contributed by atoms with E-state index < -0.39 is 23.5 Å². The number of rotatable bonds is 10. The number of nitrogens with two attached hydrogens (primary N) is 2. The van der Waals surface area contributed by atoms with Crippen LogP contribution >= 0.6 is 11.3 Å². The molecule has 0 spiro atoms. The van der Waals surface area contributed by atoms with Gasteiger partial charge in [0.25, 0.3) is 5.91 Å². The molecule has 7 N–H and O–H groups in total. The van der Waals surface area contributed by atoms with Crippen LogP contribution in [0.1, 0.15) is 38.5 Å². The van der Waals surface area contributed by atoms with Crippen molar-refractivity contribution in [2.24, 2.45) is 16.5 Å². The lowest BCUT2D eigenvalue weighted by Gasteiger charge is -2.28. The lowest BCUT2D eigenvalue weighted by atomic mass is 9.85. The summed E-state index contributed by atoms with van der Waals surface area (Å²) in [5.41, 5.74) is 10.4. The van der Waals surface area contributed by atoms with E-state index in [1.54, 1.807) is 12.1 Å². The van der Waals surface area contributed by atoms with Gasteiger partial charge in [-0.05, 0) is 36.1 Å². The van der Waals surface area contributed by atoms with Crippen LogP contribution in [0.5, 0.6) is 0 Å². The summed E-state index contributed by atoms with van der Waals surface area (Å²) in [6.45, 7) is 0.270. The number of hydrogen-bond donors (Lipinski definition) is 5. The summed E-state index contributed by atoms with van der Waals surface area (Å²) in [6, 6.07) is 20.6. The van der Waals surface area contributed by atoms with E-state index in [4.69, 9.17) is 11.5 Å². The SMILES string of the molecule is NC(N)=NCCCC(NC(=O)c1ccc(C(O)(c2ccccc2)c2ccccc2)s1)C(=O)O. The second kappa shape index (κ2) is 10.8. The first-order valence-corrected chi connectivity index (χ1v) is 11.2. The second-order valence-electron chi connectivity index (χ2n) is 7.42. The summed E-state index contributed by atoms with van der Waals surface area (Å²) in [4.78, 5) is 29.1. The second-order valence-corrected chi connectivity index (χ2v) is 8.50. The fourth-order valence-corrected chi connectivity index (χ4v) is 4.50. The standard InChI is InChI=1S/C24H26N4O4S/c25-23(26)27-15-7-12-18(22(30)31)28-21(29)19-13-14-20(33-19)24(32,16-8-3-1-4-9-16)17-10-5-2-6-11-17/h1-6,8-11,13-14,18,32H,7,12,15H2,(H,28,29)(H,30,31)(H4,25,26,27). The van der Waals surface area contributed by atoms with Crippen LogP contribution in [0.4, 0.5) is 0 Å². The Morgan fingerprint density at radius 3 is 2.06 bits per heavy atom. The number of aliphatic imine (C=N–C) groups is 1. The van der Waals surface area contributed by atoms with Crippen LogP contribution in [-0.2, 0) is 10.4 Å². The number of thiophene rings is 1. The molecule has 1 amide bonds.